The predicted molar refractivity (Wildman–Crippen MR) is 103 cm³/mol. The van der Waals surface area contributed by atoms with Crippen LogP contribution in [0, 0.1) is 0 Å². The number of rotatable bonds is 4. The Labute approximate surface area is 161 Å². The summed E-state index contributed by atoms with van der Waals surface area (Å²) in [4.78, 5) is 23.6. The summed E-state index contributed by atoms with van der Waals surface area (Å²) in [5, 5.41) is 16.5. The lowest BCUT2D eigenvalue weighted by Gasteiger charge is -2.10. The van der Waals surface area contributed by atoms with Gasteiger partial charge in [0, 0.05) is 5.56 Å². The fourth-order valence-electron chi connectivity index (χ4n) is 2.93. The molecular weight excluding hydrogens is 356 g/mol. The molecule has 1 aromatic heterocycles. The molecule has 0 saturated carbocycles. The summed E-state index contributed by atoms with van der Waals surface area (Å²) >= 11 is 0. The Morgan fingerprint density at radius 3 is 2.43 bits per heavy atom. The van der Waals surface area contributed by atoms with Crippen molar-refractivity contribution in [3.63, 3.8) is 0 Å². The van der Waals surface area contributed by atoms with E-state index >= 15 is 0 Å². The van der Waals surface area contributed by atoms with E-state index in [0.29, 0.717) is 28.5 Å². The Bertz CT molecular complexity index is 1110. The minimum atomic E-state index is -1.23. The van der Waals surface area contributed by atoms with E-state index in [4.69, 9.17) is 4.42 Å². The summed E-state index contributed by atoms with van der Waals surface area (Å²) < 4.78 is 5.80. The van der Waals surface area contributed by atoms with Crippen molar-refractivity contribution in [3.8, 4) is 11.3 Å². The highest BCUT2D eigenvalue weighted by molar-refractivity contribution is 6.32. The maximum absolute atomic E-state index is 12.7. The van der Waals surface area contributed by atoms with Crippen molar-refractivity contribution in [3.05, 3.63) is 83.6 Å². The maximum atomic E-state index is 12.7. The van der Waals surface area contributed by atoms with E-state index in [-0.39, 0.29) is 11.5 Å². The van der Waals surface area contributed by atoms with Crippen LogP contribution < -0.4 is 10.1 Å². The molecule has 0 spiro atoms. The largest absolute Gasteiger partial charge is 0.545 e. The fourth-order valence-corrected chi connectivity index (χ4v) is 2.93. The van der Waals surface area contributed by atoms with Gasteiger partial charge in [-0.25, -0.2) is 0 Å². The lowest BCUT2D eigenvalue weighted by Crippen LogP contribution is -2.21. The van der Waals surface area contributed by atoms with E-state index in [0.717, 1.165) is 5.56 Å². The second-order valence-corrected chi connectivity index (χ2v) is 6.26. The number of para-hydroxylation sites is 1. The summed E-state index contributed by atoms with van der Waals surface area (Å²) in [6, 6.07) is 18.9. The third-order valence-electron chi connectivity index (χ3n) is 4.38. The van der Waals surface area contributed by atoms with Crippen molar-refractivity contribution in [2.75, 3.05) is 5.01 Å². The van der Waals surface area contributed by atoms with Crippen LogP contribution in [0.25, 0.3) is 17.4 Å². The van der Waals surface area contributed by atoms with Crippen molar-refractivity contribution in [2.24, 2.45) is 5.10 Å². The second kappa shape index (κ2) is 7.00. The van der Waals surface area contributed by atoms with Crippen LogP contribution in [-0.2, 0) is 4.79 Å². The van der Waals surface area contributed by atoms with Gasteiger partial charge in [-0.15, -0.1) is 0 Å². The van der Waals surface area contributed by atoms with Gasteiger partial charge in [-0.2, -0.15) is 10.1 Å². The van der Waals surface area contributed by atoms with Gasteiger partial charge < -0.3 is 14.3 Å². The standard InChI is InChI=1S/C22H16N2O4/c1-14-19(21(25)24(23-14)17-5-3-2-4-6-17)13-18-11-12-20(28-18)15-7-9-16(10-8-15)22(26)27/h2-13H,1H3,(H,26,27)/p-1/b19-13-. The molecule has 1 amide bonds. The molecule has 0 N–H and O–H groups in total. The molecule has 0 unspecified atom stereocenters. The molecule has 0 saturated heterocycles. The van der Waals surface area contributed by atoms with Crippen LogP contribution in [-0.4, -0.2) is 17.6 Å². The molecule has 28 heavy (non-hydrogen) atoms. The third-order valence-corrected chi connectivity index (χ3v) is 4.38. The van der Waals surface area contributed by atoms with Gasteiger partial charge in [-0.05, 0) is 42.8 Å². The summed E-state index contributed by atoms with van der Waals surface area (Å²) in [7, 11) is 0. The molecular formula is C22H15N2O4-. The van der Waals surface area contributed by atoms with Crippen LogP contribution in [0.2, 0.25) is 0 Å². The molecule has 0 bridgehead atoms. The van der Waals surface area contributed by atoms with Gasteiger partial charge in [0.25, 0.3) is 5.91 Å². The average molecular weight is 371 g/mol. The topological polar surface area (TPSA) is 85.9 Å². The number of carboxylic acids is 1. The fraction of sp³-hybridized carbons (Fsp3) is 0.0455. The first-order valence-electron chi connectivity index (χ1n) is 8.61. The number of hydrazone groups is 1. The van der Waals surface area contributed by atoms with Crippen LogP contribution >= 0.6 is 0 Å². The Balaban J connectivity index is 1.59. The number of hydrogen-bond acceptors (Lipinski definition) is 5. The minimum absolute atomic E-state index is 0.0991. The van der Waals surface area contributed by atoms with Crippen molar-refractivity contribution in [2.45, 2.75) is 6.92 Å². The van der Waals surface area contributed by atoms with Crippen LogP contribution in [0.1, 0.15) is 23.0 Å². The summed E-state index contributed by atoms with van der Waals surface area (Å²) in [6.45, 7) is 1.77. The van der Waals surface area contributed by atoms with Crippen LogP contribution in [0.4, 0.5) is 5.69 Å². The zero-order chi connectivity index (χ0) is 19.7. The number of benzene rings is 2. The summed E-state index contributed by atoms with van der Waals surface area (Å²) in [5.41, 5.74) is 2.58. The molecule has 3 aromatic rings. The number of amides is 1. The monoisotopic (exact) mass is 371 g/mol. The Morgan fingerprint density at radius 1 is 1.04 bits per heavy atom. The smallest absolute Gasteiger partial charge is 0.280 e. The molecule has 1 aliphatic heterocycles. The zero-order valence-electron chi connectivity index (χ0n) is 15.0. The molecule has 1 aliphatic rings. The molecule has 6 nitrogen and oxygen atoms in total. The number of anilines is 1. The Kier molecular flexibility index (Phi) is 4.37. The van der Waals surface area contributed by atoms with Crippen molar-refractivity contribution >= 4 is 29.4 Å². The van der Waals surface area contributed by atoms with E-state index in [1.54, 1.807) is 37.3 Å². The highest BCUT2D eigenvalue weighted by atomic mass is 16.4. The molecule has 0 atom stereocenters. The molecule has 6 heteroatoms. The van der Waals surface area contributed by atoms with Gasteiger partial charge in [0.15, 0.2) is 0 Å². The molecule has 138 valence electrons. The highest BCUT2D eigenvalue weighted by Gasteiger charge is 2.28. The molecule has 2 heterocycles. The van der Waals surface area contributed by atoms with Crippen molar-refractivity contribution in [1.29, 1.82) is 0 Å². The number of carboxylic acid groups (broad SMARTS) is 1. The SMILES string of the molecule is CC1=NN(c2ccccc2)C(=O)/C1=C\c1ccc(-c2ccc(C(=O)[O-])cc2)o1. The van der Waals surface area contributed by atoms with E-state index in [1.165, 1.54) is 17.1 Å². The normalized spacial score (nSPS) is 15.2. The van der Waals surface area contributed by atoms with Gasteiger partial charge in [-0.3, -0.25) is 4.79 Å². The van der Waals surface area contributed by atoms with Gasteiger partial charge >= 0.3 is 0 Å². The number of furan rings is 1. The van der Waals surface area contributed by atoms with E-state index in [2.05, 4.69) is 5.10 Å². The van der Waals surface area contributed by atoms with Crippen LogP contribution in [0.15, 0.2) is 81.8 Å². The Morgan fingerprint density at radius 2 is 1.75 bits per heavy atom. The molecule has 2 aromatic carbocycles. The first kappa shape index (κ1) is 17.5. The van der Waals surface area contributed by atoms with Crippen LogP contribution in [0.5, 0.6) is 0 Å². The number of nitrogens with zero attached hydrogens (tertiary/aromatic N) is 2. The highest BCUT2D eigenvalue weighted by Crippen LogP contribution is 2.27. The minimum Gasteiger partial charge on any atom is -0.545 e. The average Bonchev–Trinajstić information content (AvgIpc) is 3.29. The first-order chi connectivity index (χ1) is 13.5. The number of aromatic carboxylic acids is 1. The van der Waals surface area contributed by atoms with Gasteiger partial charge in [0.2, 0.25) is 0 Å². The van der Waals surface area contributed by atoms with Gasteiger partial charge in [0.1, 0.15) is 11.5 Å². The Hall–Kier alpha value is -3.93. The van der Waals surface area contributed by atoms with Crippen molar-refractivity contribution in [1.82, 2.24) is 0 Å². The van der Waals surface area contributed by atoms with E-state index in [1.807, 2.05) is 30.3 Å². The first-order valence-corrected chi connectivity index (χ1v) is 8.61. The van der Waals surface area contributed by atoms with Crippen molar-refractivity contribution < 1.29 is 19.1 Å². The van der Waals surface area contributed by atoms with E-state index in [9.17, 15) is 14.7 Å². The molecule has 4 rings (SSSR count). The molecule has 0 aliphatic carbocycles. The molecule has 0 fully saturated rings. The zero-order valence-corrected chi connectivity index (χ0v) is 15.0. The summed E-state index contributed by atoms with van der Waals surface area (Å²) in [5.74, 6) is -0.377. The lowest BCUT2D eigenvalue weighted by atomic mass is 10.1. The summed E-state index contributed by atoms with van der Waals surface area (Å²) in [6.07, 6.45) is 1.66. The number of carbonyl (C=O) groups is 2. The maximum Gasteiger partial charge on any atom is 0.280 e. The predicted octanol–water partition coefficient (Wildman–Crippen LogP) is 3.12. The number of hydrogen-bond donors (Lipinski definition) is 0. The quantitative estimate of drug-likeness (QED) is 0.660. The lowest BCUT2D eigenvalue weighted by molar-refractivity contribution is -0.255. The molecule has 0 radical (unpaired) electrons. The van der Waals surface area contributed by atoms with Crippen LogP contribution in [0.3, 0.4) is 0 Å². The second-order valence-electron chi connectivity index (χ2n) is 6.26. The van der Waals surface area contributed by atoms with Gasteiger partial charge in [-0.1, -0.05) is 42.5 Å². The van der Waals surface area contributed by atoms with E-state index < -0.39 is 5.97 Å². The third kappa shape index (κ3) is 3.23. The van der Waals surface area contributed by atoms with Gasteiger partial charge in [0.05, 0.1) is 22.9 Å². The number of carbonyl (C=O) groups excluding carboxylic acids is 2.